The molecule has 0 aliphatic carbocycles. The number of para-hydroxylation sites is 1. The van der Waals surface area contributed by atoms with Gasteiger partial charge >= 0.3 is 0 Å². The van der Waals surface area contributed by atoms with Crippen molar-refractivity contribution in [3.05, 3.63) is 69.5 Å². The third-order valence-corrected chi connectivity index (χ3v) is 3.98. The summed E-state index contributed by atoms with van der Waals surface area (Å²) in [5, 5.41) is 14.0. The second kappa shape index (κ2) is 6.73. The number of nitrogens with zero attached hydrogens (tertiary/aromatic N) is 2. The smallest absolute Gasteiger partial charge is 0.285 e. The normalized spacial score (nSPS) is 19.9. The first kappa shape index (κ1) is 16.0. The molecule has 2 aromatic rings. The Hall–Kier alpha value is -2.84. The second-order valence-corrected chi connectivity index (χ2v) is 5.61. The summed E-state index contributed by atoms with van der Waals surface area (Å²) in [6.45, 7) is 1.61. The van der Waals surface area contributed by atoms with E-state index in [1.165, 1.54) is 6.07 Å². The highest BCUT2D eigenvalue weighted by molar-refractivity contribution is 5.98. The summed E-state index contributed by atoms with van der Waals surface area (Å²) in [4.78, 5) is 27.1. The molecule has 124 valence electrons. The Labute approximate surface area is 138 Å². The topological polar surface area (TPSA) is 109 Å². The van der Waals surface area contributed by atoms with E-state index in [4.69, 9.17) is 0 Å². The Bertz CT molecular complexity index is 766. The maximum atomic E-state index is 12.4. The molecule has 2 atom stereocenters. The molecule has 3 rings (SSSR count). The predicted octanol–water partition coefficient (Wildman–Crippen LogP) is 1.59. The van der Waals surface area contributed by atoms with E-state index in [1.54, 1.807) is 31.5 Å². The minimum atomic E-state index is -0.523. The van der Waals surface area contributed by atoms with Gasteiger partial charge in [0, 0.05) is 30.4 Å². The molecule has 8 nitrogen and oxygen atoms in total. The van der Waals surface area contributed by atoms with Crippen LogP contribution in [0.2, 0.25) is 0 Å². The van der Waals surface area contributed by atoms with E-state index in [1.807, 2.05) is 12.1 Å². The van der Waals surface area contributed by atoms with Gasteiger partial charge in [-0.15, -0.1) is 0 Å². The molecule has 2 heterocycles. The van der Waals surface area contributed by atoms with Crippen LogP contribution in [0.25, 0.3) is 0 Å². The lowest BCUT2D eigenvalue weighted by Crippen LogP contribution is -2.44. The van der Waals surface area contributed by atoms with Crippen LogP contribution in [0, 0.1) is 17.0 Å². The van der Waals surface area contributed by atoms with Crippen molar-refractivity contribution in [2.75, 3.05) is 0 Å². The van der Waals surface area contributed by atoms with Crippen molar-refractivity contribution in [1.29, 1.82) is 0 Å². The summed E-state index contributed by atoms with van der Waals surface area (Å²) in [7, 11) is 0. The van der Waals surface area contributed by atoms with Crippen LogP contribution in [0.5, 0.6) is 0 Å². The molecule has 0 saturated carbocycles. The van der Waals surface area contributed by atoms with Gasteiger partial charge in [0.15, 0.2) is 0 Å². The fraction of sp³-hybridized carbons (Fsp3) is 0.250. The summed E-state index contributed by atoms with van der Waals surface area (Å²) in [5.41, 5.74) is 7.51. The van der Waals surface area contributed by atoms with Gasteiger partial charge in [0.2, 0.25) is 0 Å². The van der Waals surface area contributed by atoms with Crippen LogP contribution in [-0.2, 0) is 0 Å². The van der Waals surface area contributed by atoms with Crippen molar-refractivity contribution in [3.8, 4) is 0 Å². The zero-order valence-electron chi connectivity index (χ0n) is 13.0. The van der Waals surface area contributed by atoms with Gasteiger partial charge in [-0.05, 0) is 30.7 Å². The molecule has 1 fully saturated rings. The highest BCUT2D eigenvalue weighted by Crippen LogP contribution is 2.24. The highest BCUT2D eigenvalue weighted by Gasteiger charge is 2.29. The highest BCUT2D eigenvalue weighted by atomic mass is 16.6. The lowest BCUT2D eigenvalue weighted by molar-refractivity contribution is -0.385. The van der Waals surface area contributed by atoms with Gasteiger partial charge in [0.1, 0.15) is 5.56 Å². The first-order chi connectivity index (χ1) is 11.6. The lowest BCUT2D eigenvalue weighted by Gasteiger charge is -2.13. The molecule has 1 saturated heterocycles. The van der Waals surface area contributed by atoms with Crippen LogP contribution in [-0.4, -0.2) is 22.0 Å². The van der Waals surface area contributed by atoms with Gasteiger partial charge in [-0.1, -0.05) is 12.1 Å². The standard InChI is InChI=1S/C16H17N5O3/c1-10-3-2-4-12(15(10)21(23)24)16(22)18-14-9-13(19-20-14)11-5-7-17-8-6-11/h2-8,13-14,19-20H,9H2,1H3,(H,18,22). The van der Waals surface area contributed by atoms with Gasteiger partial charge < -0.3 is 5.32 Å². The average molecular weight is 327 g/mol. The fourth-order valence-corrected chi connectivity index (χ4v) is 2.79. The number of nitro groups is 1. The molecule has 1 aromatic carbocycles. The Kier molecular flexibility index (Phi) is 4.50. The van der Waals surface area contributed by atoms with E-state index >= 15 is 0 Å². The molecule has 2 unspecified atom stereocenters. The van der Waals surface area contributed by atoms with Crippen LogP contribution in [0.3, 0.4) is 0 Å². The number of rotatable bonds is 4. The Morgan fingerprint density at radius 1 is 1.29 bits per heavy atom. The van der Waals surface area contributed by atoms with E-state index < -0.39 is 10.8 Å². The van der Waals surface area contributed by atoms with Crippen molar-refractivity contribution >= 4 is 11.6 Å². The third-order valence-electron chi connectivity index (χ3n) is 3.98. The van der Waals surface area contributed by atoms with Crippen molar-refractivity contribution < 1.29 is 9.72 Å². The summed E-state index contributed by atoms with van der Waals surface area (Å²) in [6.07, 6.45) is 3.71. The van der Waals surface area contributed by atoms with Crippen LogP contribution in [0.15, 0.2) is 42.7 Å². The molecule has 1 aromatic heterocycles. The summed E-state index contributed by atoms with van der Waals surface area (Å²) in [6, 6.07) is 8.54. The van der Waals surface area contributed by atoms with Crippen molar-refractivity contribution in [2.24, 2.45) is 0 Å². The number of carbonyl (C=O) groups excluding carboxylic acids is 1. The van der Waals surface area contributed by atoms with Crippen LogP contribution in [0.1, 0.15) is 33.9 Å². The van der Waals surface area contributed by atoms with E-state index in [-0.39, 0.29) is 23.5 Å². The summed E-state index contributed by atoms with van der Waals surface area (Å²) in [5.74, 6) is -0.472. The molecule has 8 heteroatoms. The molecular weight excluding hydrogens is 310 g/mol. The maximum absolute atomic E-state index is 12.4. The van der Waals surface area contributed by atoms with E-state index in [0.29, 0.717) is 12.0 Å². The quantitative estimate of drug-likeness (QED) is 0.581. The number of hydrazine groups is 1. The molecular formula is C16H17N5O3. The van der Waals surface area contributed by atoms with Crippen molar-refractivity contribution in [1.82, 2.24) is 21.2 Å². The average Bonchev–Trinajstić information content (AvgIpc) is 3.03. The molecule has 3 N–H and O–H groups in total. The summed E-state index contributed by atoms with van der Waals surface area (Å²) >= 11 is 0. The molecule has 0 bridgehead atoms. The predicted molar refractivity (Wildman–Crippen MR) is 87.0 cm³/mol. The molecule has 1 aliphatic rings. The monoisotopic (exact) mass is 327 g/mol. The zero-order valence-corrected chi connectivity index (χ0v) is 13.0. The van der Waals surface area contributed by atoms with Gasteiger partial charge in [0.05, 0.1) is 11.1 Å². The SMILES string of the molecule is Cc1cccc(C(=O)NC2CC(c3ccncc3)NN2)c1[N+](=O)[O-]. The largest absolute Gasteiger partial charge is 0.335 e. The lowest BCUT2D eigenvalue weighted by atomic mass is 10.1. The maximum Gasteiger partial charge on any atom is 0.285 e. The van der Waals surface area contributed by atoms with Gasteiger partial charge in [-0.2, -0.15) is 0 Å². The minimum absolute atomic E-state index is 0.0331. The van der Waals surface area contributed by atoms with E-state index in [0.717, 1.165) is 5.56 Å². The number of aryl methyl sites for hydroxylation is 1. The van der Waals surface area contributed by atoms with Crippen LogP contribution < -0.4 is 16.2 Å². The van der Waals surface area contributed by atoms with Gasteiger partial charge in [-0.3, -0.25) is 19.9 Å². The molecule has 0 spiro atoms. The number of nitro benzene ring substituents is 1. The minimum Gasteiger partial charge on any atom is -0.335 e. The number of hydrogen-bond acceptors (Lipinski definition) is 6. The number of nitrogens with one attached hydrogen (secondary N) is 3. The Balaban J connectivity index is 1.71. The first-order valence-electron chi connectivity index (χ1n) is 7.52. The second-order valence-electron chi connectivity index (χ2n) is 5.61. The Morgan fingerprint density at radius 3 is 2.75 bits per heavy atom. The molecule has 0 radical (unpaired) electrons. The zero-order chi connectivity index (χ0) is 17.1. The first-order valence-corrected chi connectivity index (χ1v) is 7.52. The van der Waals surface area contributed by atoms with E-state index in [2.05, 4.69) is 21.2 Å². The number of hydrogen-bond donors (Lipinski definition) is 3. The van der Waals surface area contributed by atoms with Crippen molar-refractivity contribution in [3.63, 3.8) is 0 Å². The molecule has 1 amide bonds. The number of pyridine rings is 1. The number of aromatic nitrogens is 1. The number of amides is 1. The van der Waals surface area contributed by atoms with Crippen molar-refractivity contribution in [2.45, 2.75) is 25.6 Å². The molecule has 1 aliphatic heterocycles. The number of benzene rings is 1. The van der Waals surface area contributed by atoms with E-state index in [9.17, 15) is 14.9 Å². The van der Waals surface area contributed by atoms with Gasteiger partial charge in [0.25, 0.3) is 11.6 Å². The van der Waals surface area contributed by atoms with Crippen LogP contribution >= 0.6 is 0 Å². The van der Waals surface area contributed by atoms with Crippen LogP contribution in [0.4, 0.5) is 5.69 Å². The third kappa shape index (κ3) is 3.24. The molecule has 24 heavy (non-hydrogen) atoms. The number of carbonyl (C=O) groups is 1. The Morgan fingerprint density at radius 2 is 2.04 bits per heavy atom. The summed E-state index contributed by atoms with van der Waals surface area (Å²) < 4.78 is 0. The van der Waals surface area contributed by atoms with Gasteiger partial charge in [-0.25, -0.2) is 10.9 Å². The fourth-order valence-electron chi connectivity index (χ4n) is 2.79.